The van der Waals surface area contributed by atoms with Crippen LogP contribution in [0, 0.1) is 6.92 Å². The quantitative estimate of drug-likeness (QED) is 0.850. The lowest BCUT2D eigenvalue weighted by Gasteiger charge is -2.07. The molecule has 2 aromatic rings. The Kier molecular flexibility index (Phi) is 3.00. The number of anilines is 1. The SMILES string of the molecule is Cc1ccccc1OCc1nccc(N)n1. The van der Waals surface area contributed by atoms with Crippen LogP contribution in [0.4, 0.5) is 5.82 Å². The van der Waals surface area contributed by atoms with Crippen molar-refractivity contribution in [1.29, 1.82) is 0 Å². The molecule has 2 rings (SSSR count). The van der Waals surface area contributed by atoms with E-state index in [0.29, 0.717) is 18.2 Å². The molecular formula is C12H13N3O. The number of aryl methyl sites for hydroxylation is 1. The van der Waals surface area contributed by atoms with E-state index in [-0.39, 0.29) is 0 Å². The summed E-state index contributed by atoms with van der Waals surface area (Å²) in [6, 6.07) is 9.47. The highest BCUT2D eigenvalue weighted by atomic mass is 16.5. The summed E-state index contributed by atoms with van der Waals surface area (Å²) >= 11 is 0. The highest BCUT2D eigenvalue weighted by Gasteiger charge is 2.01. The average Bonchev–Trinajstić information content (AvgIpc) is 2.28. The third-order valence-corrected chi connectivity index (χ3v) is 2.18. The predicted octanol–water partition coefficient (Wildman–Crippen LogP) is 1.95. The smallest absolute Gasteiger partial charge is 0.168 e. The standard InChI is InChI=1S/C12H13N3O/c1-9-4-2-3-5-10(9)16-8-12-14-7-6-11(13)15-12/h2-7H,8H2,1H3,(H2,13,14,15). The van der Waals surface area contributed by atoms with Crippen LogP contribution in [-0.2, 0) is 6.61 Å². The van der Waals surface area contributed by atoms with Gasteiger partial charge in [-0.3, -0.25) is 0 Å². The zero-order valence-corrected chi connectivity index (χ0v) is 9.05. The lowest BCUT2D eigenvalue weighted by atomic mass is 10.2. The van der Waals surface area contributed by atoms with Gasteiger partial charge in [0.2, 0.25) is 0 Å². The van der Waals surface area contributed by atoms with Crippen LogP contribution in [0.15, 0.2) is 36.5 Å². The van der Waals surface area contributed by atoms with Crippen molar-refractivity contribution >= 4 is 5.82 Å². The molecule has 0 amide bonds. The molecule has 4 nitrogen and oxygen atoms in total. The molecule has 0 aliphatic rings. The number of hydrogen-bond acceptors (Lipinski definition) is 4. The molecule has 16 heavy (non-hydrogen) atoms. The van der Waals surface area contributed by atoms with Gasteiger partial charge in [0, 0.05) is 6.20 Å². The topological polar surface area (TPSA) is 61.0 Å². The first-order valence-corrected chi connectivity index (χ1v) is 5.01. The van der Waals surface area contributed by atoms with Crippen LogP contribution in [0.1, 0.15) is 11.4 Å². The van der Waals surface area contributed by atoms with Gasteiger partial charge in [0.05, 0.1) is 0 Å². The van der Waals surface area contributed by atoms with E-state index in [1.807, 2.05) is 31.2 Å². The van der Waals surface area contributed by atoms with Crippen molar-refractivity contribution in [3.63, 3.8) is 0 Å². The van der Waals surface area contributed by atoms with Gasteiger partial charge in [-0.05, 0) is 24.6 Å². The van der Waals surface area contributed by atoms with Gasteiger partial charge in [-0.2, -0.15) is 0 Å². The second-order valence-corrected chi connectivity index (χ2v) is 3.45. The normalized spacial score (nSPS) is 10.1. The van der Waals surface area contributed by atoms with Gasteiger partial charge in [0.1, 0.15) is 18.2 Å². The first kappa shape index (κ1) is 10.4. The molecule has 0 fully saturated rings. The van der Waals surface area contributed by atoms with Crippen LogP contribution < -0.4 is 10.5 Å². The molecular weight excluding hydrogens is 202 g/mol. The number of rotatable bonds is 3. The second kappa shape index (κ2) is 4.61. The first-order valence-electron chi connectivity index (χ1n) is 5.01. The van der Waals surface area contributed by atoms with Crippen molar-refractivity contribution in [1.82, 2.24) is 9.97 Å². The van der Waals surface area contributed by atoms with E-state index >= 15 is 0 Å². The van der Waals surface area contributed by atoms with Gasteiger partial charge >= 0.3 is 0 Å². The van der Waals surface area contributed by atoms with E-state index in [4.69, 9.17) is 10.5 Å². The minimum Gasteiger partial charge on any atom is -0.485 e. The Hall–Kier alpha value is -2.10. The third-order valence-electron chi connectivity index (χ3n) is 2.18. The molecule has 0 atom stereocenters. The van der Waals surface area contributed by atoms with Crippen molar-refractivity contribution < 1.29 is 4.74 Å². The van der Waals surface area contributed by atoms with E-state index in [1.54, 1.807) is 12.3 Å². The van der Waals surface area contributed by atoms with Crippen LogP contribution in [-0.4, -0.2) is 9.97 Å². The maximum atomic E-state index is 5.60. The second-order valence-electron chi connectivity index (χ2n) is 3.45. The Morgan fingerprint density at radius 3 is 2.81 bits per heavy atom. The highest BCUT2D eigenvalue weighted by Crippen LogP contribution is 2.17. The Morgan fingerprint density at radius 1 is 1.25 bits per heavy atom. The molecule has 0 radical (unpaired) electrons. The summed E-state index contributed by atoms with van der Waals surface area (Å²) in [5, 5.41) is 0. The van der Waals surface area contributed by atoms with E-state index in [0.717, 1.165) is 11.3 Å². The zero-order valence-electron chi connectivity index (χ0n) is 9.05. The molecule has 82 valence electrons. The third kappa shape index (κ3) is 2.48. The summed E-state index contributed by atoms with van der Waals surface area (Å²) in [7, 11) is 0. The van der Waals surface area contributed by atoms with Gasteiger partial charge in [-0.1, -0.05) is 18.2 Å². The summed E-state index contributed by atoms with van der Waals surface area (Å²) in [5.74, 6) is 1.88. The number of hydrogen-bond donors (Lipinski definition) is 1. The van der Waals surface area contributed by atoms with Crippen molar-refractivity contribution in [3.8, 4) is 5.75 Å². The molecule has 0 spiro atoms. The molecule has 1 heterocycles. The highest BCUT2D eigenvalue weighted by molar-refractivity contribution is 5.32. The van der Waals surface area contributed by atoms with Crippen LogP contribution >= 0.6 is 0 Å². The van der Waals surface area contributed by atoms with E-state index in [2.05, 4.69) is 9.97 Å². The average molecular weight is 215 g/mol. The largest absolute Gasteiger partial charge is 0.485 e. The molecule has 0 aliphatic carbocycles. The number of aromatic nitrogens is 2. The summed E-state index contributed by atoms with van der Waals surface area (Å²) in [6.45, 7) is 2.32. The summed E-state index contributed by atoms with van der Waals surface area (Å²) in [6.07, 6.45) is 1.62. The van der Waals surface area contributed by atoms with Crippen molar-refractivity contribution in [2.24, 2.45) is 0 Å². The molecule has 0 unspecified atom stereocenters. The zero-order chi connectivity index (χ0) is 11.4. The van der Waals surface area contributed by atoms with Crippen molar-refractivity contribution in [3.05, 3.63) is 47.9 Å². The Bertz CT molecular complexity index is 485. The number of para-hydroxylation sites is 1. The van der Waals surface area contributed by atoms with Gasteiger partial charge in [-0.25, -0.2) is 9.97 Å². The molecule has 0 saturated heterocycles. The molecule has 4 heteroatoms. The fourth-order valence-electron chi connectivity index (χ4n) is 1.35. The molecule has 0 aliphatic heterocycles. The maximum absolute atomic E-state index is 5.60. The van der Waals surface area contributed by atoms with Gasteiger partial charge in [-0.15, -0.1) is 0 Å². The number of nitrogen functional groups attached to an aromatic ring is 1. The number of nitrogens with two attached hydrogens (primary N) is 1. The van der Waals surface area contributed by atoms with Gasteiger partial charge in [0.25, 0.3) is 0 Å². The summed E-state index contributed by atoms with van der Waals surface area (Å²) < 4.78 is 5.60. The van der Waals surface area contributed by atoms with Crippen molar-refractivity contribution in [2.75, 3.05) is 5.73 Å². The Labute approximate surface area is 94.1 Å². The van der Waals surface area contributed by atoms with Gasteiger partial charge in [0.15, 0.2) is 5.82 Å². The van der Waals surface area contributed by atoms with E-state index in [1.165, 1.54) is 0 Å². The molecule has 1 aromatic carbocycles. The fraction of sp³-hybridized carbons (Fsp3) is 0.167. The number of ether oxygens (including phenoxy) is 1. The molecule has 0 bridgehead atoms. The van der Waals surface area contributed by atoms with Crippen molar-refractivity contribution in [2.45, 2.75) is 13.5 Å². The van der Waals surface area contributed by atoms with Gasteiger partial charge < -0.3 is 10.5 Å². The van der Waals surface area contributed by atoms with Crippen LogP contribution in [0.5, 0.6) is 5.75 Å². The Balaban J connectivity index is 2.05. The van der Waals surface area contributed by atoms with E-state index < -0.39 is 0 Å². The number of nitrogens with zero attached hydrogens (tertiary/aromatic N) is 2. The summed E-state index contributed by atoms with van der Waals surface area (Å²) in [5.41, 5.74) is 6.64. The minimum absolute atomic E-state index is 0.329. The van der Waals surface area contributed by atoms with Crippen LogP contribution in [0.3, 0.4) is 0 Å². The molecule has 0 saturated carbocycles. The maximum Gasteiger partial charge on any atom is 0.168 e. The molecule has 1 aromatic heterocycles. The summed E-state index contributed by atoms with van der Waals surface area (Å²) in [4.78, 5) is 8.13. The van der Waals surface area contributed by atoms with Crippen LogP contribution in [0.25, 0.3) is 0 Å². The first-order chi connectivity index (χ1) is 7.75. The van der Waals surface area contributed by atoms with Crippen LogP contribution in [0.2, 0.25) is 0 Å². The molecule has 2 N–H and O–H groups in total. The fourth-order valence-corrected chi connectivity index (χ4v) is 1.35. The predicted molar refractivity (Wildman–Crippen MR) is 62.0 cm³/mol. The number of benzene rings is 1. The minimum atomic E-state index is 0.329. The lowest BCUT2D eigenvalue weighted by molar-refractivity contribution is 0.294. The Morgan fingerprint density at radius 2 is 2.06 bits per heavy atom. The van der Waals surface area contributed by atoms with E-state index in [9.17, 15) is 0 Å². The lowest BCUT2D eigenvalue weighted by Crippen LogP contribution is -2.03. The monoisotopic (exact) mass is 215 g/mol.